The number of carbonyl (C=O) groups excluding carboxylic acids is 1. The third kappa shape index (κ3) is 4.28. The van der Waals surface area contributed by atoms with Crippen LogP contribution in [-0.4, -0.2) is 31.4 Å². The summed E-state index contributed by atoms with van der Waals surface area (Å²) in [4.78, 5) is 10.5. The highest BCUT2D eigenvalue weighted by atomic mass is 32.1. The van der Waals surface area contributed by atoms with Crippen molar-refractivity contribution >= 4 is 27.4 Å². The van der Waals surface area contributed by atoms with E-state index in [-0.39, 0.29) is 21.6 Å². The molecule has 0 aliphatic heterocycles. The molecule has 0 spiro atoms. The molecule has 0 aliphatic carbocycles. The highest BCUT2D eigenvalue weighted by molar-refractivity contribution is 7.21. The number of esters is 1. The van der Waals surface area contributed by atoms with Gasteiger partial charge in [-0.3, -0.25) is 0 Å². The zero-order chi connectivity index (χ0) is 22.4. The number of halogens is 10. The number of hydrogen-bond acceptors (Lipinski definition) is 3. The Morgan fingerprint density at radius 1 is 1.00 bits per heavy atom. The van der Waals surface area contributed by atoms with E-state index in [4.69, 9.17) is 0 Å². The number of rotatable bonds is 5. The molecule has 0 amide bonds. The van der Waals surface area contributed by atoms with Gasteiger partial charge < -0.3 is 4.74 Å². The van der Waals surface area contributed by atoms with Gasteiger partial charge in [0.15, 0.2) is 0 Å². The largest absolute Gasteiger partial charge is 0.465 e. The summed E-state index contributed by atoms with van der Waals surface area (Å²) >= 11 is 0.165. The van der Waals surface area contributed by atoms with Gasteiger partial charge in [0.1, 0.15) is 4.88 Å². The predicted octanol–water partition coefficient (Wildman–Crippen LogP) is 6.47. The first-order valence-electron chi connectivity index (χ1n) is 7.56. The molecule has 2 aromatic rings. The molecule has 0 N–H and O–H groups in total. The van der Waals surface area contributed by atoms with Crippen molar-refractivity contribution in [2.45, 2.75) is 37.0 Å². The Balaban J connectivity index is 2.74. The van der Waals surface area contributed by atoms with Crippen molar-refractivity contribution in [3.05, 3.63) is 34.2 Å². The number of hydrogen-bond donors (Lipinski definition) is 0. The van der Waals surface area contributed by atoms with Gasteiger partial charge in [0, 0.05) is 16.5 Å². The van der Waals surface area contributed by atoms with Crippen molar-refractivity contribution in [2.24, 2.45) is 0 Å². The first-order valence-corrected chi connectivity index (χ1v) is 8.38. The van der Waals surface area contributed by atoms with Crippen LogP contribution in [0.2, 0.25) is 0 Å². The minimum Gasteiger partial charge on any atom is -0.465 e. The molecule has 0 bridgehead atoms. The number of fused-ring (bicyclic) bond motifs is 1. The predicted molar refractivity (Wildman–Crippen MR) is 82.4 cm³/mol. The highest BCUT2D eigenvalue weighted by Crippen LogP contribution is 2.55. The van der Waals surface area contributed by atoms with E-state index in [1.165, 1.54) is 0 Å². The number of thiophene rings is 1. The Morgan fingerprint density at radius 3 is 2.07 bits per heavy atom. The van der Waals surface area contributed by atoms with E-state index in [0.717, 1.165) is 12.1 Å². The molecule has 2 nitrogen and oxygen atoms in total. The summed E-state index contributed by atoms with van der Waals surface area (Å²) in [5.74, 6) is -14.0. The Kier molecular flexibility index (Phi) is 5.87. The fourth-order valence-corrected chi connectivity index (χ4v) is 3.60. The van der Waals surface area contributed by atoms with Crippen molar-refractivity contribution in [2.75, 3.05) is 7.11 Å². The number of carbonyl (C=O) groups is 1. The average molecular weight is 456 g/mol. The first kappa shape index (κ1) is 23.2. The summed E-state index contributed by atoms with van der Waals surface area (Å²) in [6, 6.07) is 2.67. The normalized spacial score (nSPS) is 13.8. The van der Waals surface area contributed by atoms with E-state index in [1.807, 2.05) is 0 Å². The van der Waals surface area contributed by atoms with E-state index in [0.29, 0.717) is 13.2 Å². The highest BCUT2D eigenvalue weighted by Gasteiger charge is 2.74. The number of ether oxygens (including phenoxy) is 1. The number of aryl methyl sites for hydroxylation is 1. The summed E-state index contributed by atoms with van der Waals surface area (Å²) in [6.07, 6.45) is -13.4. The molecule has 0 unspecified atom stereocenters. The van der Waals surface area contributed by atoms with Crippen molar-refractivity contribution in [3.8, 4) is 0 Å². The van der Waals surface area contributed by atoms with E-state index < -0.39 is 58.8 Å². The van der Waals surface area contributed by atoms with Crippen LogP contribution in [0.3, 0.4) is 0 Å². The van der Waals surface area contributed by atoms with Gasteiger partial charge in [-0.1, -0.05) is 6.07 Å². The van der Waals surface area contributed by atoms with Crippen molar-refractivity contribution < 1.29 is 53.4 Å². The van der Waals surface area contributed by atoms with Gasteiger partial charge in [0.2, 0.25) is 0 Å². The lowest BCUT2D eigenvalue weighted by Gasteiger charge is -2.28. The maximum Gasteiger partial charge on any atom is 0.460 e. The van der Waals surface area contributed by atoms with Crippen LogP contribution in [0.25, 0.3) is 10.1 Å². The smallest absolute Gasteiger partial charge is 0.460 e. The van der Waals surface area contributed by atoms with Crippen molar-refractivity contribution in [1.82, 2.24) is 0 Å². The molecule has 29 heavy (non-hydrogen) atoms. The Labute approximate surface area is 160 Å². The summed E-state index contributed by atoms with van der Waals surface area (Å²) in [5, 5.41) is -0.885. The van der Waals surface area contributed by atoms with Gasteiger partial charge in [-0.05, 0) is 24.1 Å². The van der Waals surface area contributed by atoms with E-state index in [2.05, 4.69) is 4.74 Å². The second-order valence-electron chi connectivity index (χ2n) is 5.89. The second kappa shape index (κ2) is 7.33. The molecule has 0 saturated carbocycles. The lowest BCUT2D eigenvalue weighted by molar-refractivity contribution is -0.359. The maximum atomic E-state index is 14.4. The molecular formula is C16H10F10O2S. The van der Waals surface area contributed by atoms with Gasteiger partial charge in [-0.25, -0.2) is 4.79 Å². The Bertz CT molecular complexity index is 911. The van der Waals surface area contributed by atoms with Crippen LogP contribution < -0.4 is 0 Å². The molecule has 0 atom stereocenters. The number of alkyl halides is 10. The van der Waals surface area contributed by atoms with Crippen molar-refractivity contribution in [3.63, 3.8) is 0 Å². The summed E-state index contributed by atoms with van der Waals surface area (Å²) in [6.45, 7) is 0. The average Bonchev–Trinajstić information content (AvgIpc) is 2.96. The Hall–Kier alpha value is -2.05. The van der Waals surface area contributed by atoms with Gasteiger partial charge in [-0.2, -0.15) is 43.9 Å². The summed E-state index contributed by atoms with van der Waals surface area (Å²) in [5.41, 5.74) is -2.18. The van der Waals surface area contributed by atoms with E-state index in [9.17, 15) is 48.7 Å². The lowest BCUT2D eigenvalue weighted by Crippen LogP contribution is -2.50. The zero-order valence-electron chi connectivity index (χ0n) is 14.2. The summed E-state index contributed by atoms with van der Waals surface area (Å²) in [7, 11) is 0.700. The SMILES string of the molecule is COC(=O)c1sc2ccc(CCC(F)(F)F)cc2c1C(F)(F)C(F)(F)C(F)(F)F. The molecule has 1 aromatic carbocycles. The zero-order valence-corrected chi connectivity index (χ0v) is 15.0. The fourth-order valence-electron chi connectivity index (χ4n) is 2.47. The first-order chi connectivity index (χ1) is 13.0. The van der Waals surface area contributed by atoms with Gasteiger partial charge >= 0.3 is 30.2 Å². The van der Waals surface area contributed by atoms with Crippen molar-refractivity contribution in [1.29, 1.82) is 0 Å². The molecular weight excluding hydrogens is 446 g/mol. The molecule has 2 rings (SSSR count). The fraction of sp³-hybridized carbons (Fsp3) is 0.438. The minimum atomic E-state index is -6.66. The van der Waals surface area contributed by atoms with Gasteiger partial charge in [0.05, 0.1) is 12.7 Å². The quantitative estimate of drug-likeness (QED) is 0.381. The van der Waals surface area contributed by atoms with Crippen LogP contribution in [-0.2, 0) is 17.1 Å². The van der Waals surface area contributed by atoms with Crippen LogP contribution in [0.4, 0.5) is 43.9 Å². The van der Waals surface area contributed by atoms with Crippen LogP contribution in [0.1, 0.15) is 27.2 Å². The molecule has 0 aliphatic rings. The molecule has 1 aromatic heterocycles. The van der Waals surface area contributed by atoms with E-state index in [1.54, 1.807) is 0 Å². The maximum absolute atomic E-state index is 14.4. The summed E-state index contributed by atoms with van der Waals surface area (Å²) < 4.78 is 135. The lowest BCUT2D eigenvalue weighted by atomic mass is 9.96. The Morgan fingerprint density at radius 2 is 1.59 bits per heavy atom. The van der Waals surface area contributed by atoms with E-state index >= 15 is 0 Å². The standard InChI is InChI=1S/C16H10F10O2S/c1-28-12(27)11-10(14(20,21)15(22,23)16(24,25)26)8-6-7(2-3-9(8)29-11)4-5-13(17,18)19/h2-3,6H,4-5H2,1H3. The molecule has 1 heterocycles. The molecule has 0 saturated heterocycles. The molecule has 0 fully saturated rings. The van der Waals surface area contributed by atoms with Crippen LogP contribution >= 0.6 is 11.3 Å². The van der Waals surface area contributed by atoms with Crippen LogP contribution in [0.5, 0.6) is 0 Å². The third-order valence-corrected chi connectivity index (χ3v) is 5.04. The minimum absolute atomic E-state index is 0.165. The number of methoxy groups -OCH3 is 1. The molecule has 162 valence electrons. The monoisotopic (exact) mass is 456 g/mol. The topological polar surface area (TPSA) is 26.3 Å². The van der Waals surface area contributed by atoms with Gasteiger partial charge in [0.25, 0.3) is 0 Å². The molecule has 0 radical (unpaired) electrons. The van der Waals surface area contributed by atoms with Gasteiger partial charge in [-0.15, -0.1) is 11.3 Å². The van der Waals surface area contributed by atoms with Crippen LogP contribution in [0, 0.1) is 0 Å². The van der Waals surface area contributed by atoms with Crippen LogP contribution in [0.15, 0.2) is 18.2 Å². The third-order valence-electron chi connectivity index (χ3n) is 3.88. The molecule has 13 heteroatoms. The second-order valence-corrected chi connectivity index (χ2v) is 6.94. The number of benzene rings is 1.